The van der Waals surface area contributed by atoms with Gasteiger partial charge in [-0.2, -0.15) is 0 Å². The average Bonchev–Trinajstić information content (AvgIpc) is 3.17. The second-order valence-electron chi connectivity index (χ2n) is 9.70. The topological polar surface area (TPSA) is 17.1 Å². The van der Waals surface area contributed by atoms with E-state index in [0.29, 0.717) is 11.7 Å². The normalized spacial score (nSPS) is 30.0. The van der Waals surface area contributed by atoms with E-state index in [0.717, 1.165) is 30.6 Å². The molecule has 3 aliphatic carbocycles. The van der Waals surface area contributed by atoms with Gasteiger partial charge in [-0.3, -0.25) is 4.79 Å². The third kappa shape index (κ3) is 4.61. The van der Waals surface area contributed by atoms with E-state index in [4.69, 9.17) is 0 Å². The summed E-state index contributed by atoms with van der Waals surface area (Å²) >= 11 is 0. The van der Waals surface area contributed by atoms with Crippen LogP contribution in [0.5, 0.6) is 0 Å². The molecule has 0 heterocycles. The van der Waals surface area contributed by atoms with Gasteiger partial charge in [-0.1, -0.05) is 56.5 Å². The van der Waals surface area contributed by atoms with E-state index in [1.165, 1.54) is 81.8 Å². The Labute approximate surface area is 172 Å². The lowest BCUT2D eigenvalue weighted by atomic mass is 9.68. The highest BCUT2D eigenvalue weighted by atomic mass is 16.1. The number of Topliss-reactive ketones (excluding diaryl/α,β-unsaturated/α-hetero) is 1. The summed E-state index contributed by atoms with van der Waals surface area (Å²) in [6.07, 6.45) is 19.2. The van der Waals surface area contributed by atoms with Crippen molar-refractivity contribution in [1.82, 2.24) is 0 Å². The summed E-state index contributed by atoms with van der Waals surface area (Å²) in [7, 11) is 0. The molecule has 0 spiro atoms. The molecule has 0 bridgehead atoms. The zero-order valence-electron chi connectivity index (χ0n) is 17.8. The Bertz CT molecular complexity index is 684. The third-order valence-corrected chi connectivity index (χ3v) is 8.12. The molecule has 0 radical (unpaired) electrons. The molecule has 2 saturated carbocycles. The summed E-state index contributed by atoms with van der Waals surface area (Å²) in [5.41, 5.74) is 4.64. The number of hydrogen-bond donors (Lipinski definition) is 0. The maximum absolute atomic E-state index is 12.0. The van der Waals surface area contributed by atoms with Gasteiger partial charge in [0.25, 0.3) is 0 Å². The van der Waals surface area contributed by atoms with Crippen LogP contribution in [0.1, 0.15) is 95.1 Å². The molecule has 0 N–H and O–H groups in total. The largest absolute Gasteiger partial charge is 0.299 e. The van der Waals surface area contributed by atoms with Gasteiger partial charge in [0.2, 0.25) is 0 Å². The molecule has 3 aliphatic rings. The number of carbonyl (C=O) groups is 1. The first-order valence-electron chi connectivity index (χ1n) is 12.0. The molecule has 1 heteroatoms. The summed E-state index contributed by atoms with van der Waals surface area (Å²) in [4.78, 5) is 12.0. The van der Waals surface area contributed by atoms with E-state index in [1.807, 2.05) is 6.92 Å². The second kappa shape index (κ2) is 9.42. The van der Waals surface area contributed by atoms with Crippen molar-refractivity contribution in [3.05, 3.63) is 41.5 Å². The minimum absolute atomic E-state index is 0.396. The van der Waals surface area contributed by atoms with Crippen molar-refractivity contribution in [3.8, 4) is 0 Å². The van der Waals surface area contributed by atoms with Crippen molar-refractivity contribution in [2.45, 2.75) is 90.4 Å². The van der Waals surface area contributed by atoms with Crippen molar-refractivity contribution in [2.24, 2.45) is 23.7 Å². The highest BCUT2D eigenvalue weighted by Gasteiger charge is 2.32. The van der Waals surface area contributed by atoms with Crippen LogP contribution in [-0.4, -0.2) is 5.78 Å². The van der Waals surface area contributed by atoms with Gasteiger partial charge in [-0.15, -0.1) is 0 Å². The van der Waals surface area contributed by atoms with Crippen molar-refractivity contribution in [2.75, 3.05) is 0 Å². The van der Waals surface area contributed by atoms with Crippen molar-refractivity contribution in [1.29, 1.82) is 0 Å². The summed E-state index contributed by atoms with van der Waals surface area (Å²) in [5.74, 6) is 3.75. The first kappa shape index (κ1) is 19.9. The molecule has 0 saturated heterocycles. The smallest absolute Gasteiger partial charge is 0.135 e. The summed E-state index contributed by atoms with van der Waals surface area (Å²) < 4.78 is 0. The number of ketones is 1. The van der Waals surface area contributed by atoms with E-state index in [-0.39, 0.29) is 0 Å². The molecule has 0 atom stereocenters. The lowest BCUT2D eigenvalue weighted by molar-refractivity contribution is -0.123. The molecule has 1 nitrogen and oxygen atoms in total. The fourth-order valence-corrected chi connectivity index (χ4v) is 6.32. The van der Waals surface area contributed by atoms with Crippen molar-refractivity contribution < 1.29 is 4.79 Å². The Balaban J connectivity index is 1.15. The van der Waals surface area contributed by atoms with Crippen LogP contribution in [-0.2, 0) is 11.2 Å². The van der Waals surface area contributed by atoms with E-state index < -0.39 is 0 Å². The predicted molar refractivity (Wildman–Crippen MR) is 118 cm³/mol. The van der Waals surface area contributed by atoms with E-state index in [2.05, 4.69) is 30.3 Å². The van der Waals surface area contributed by atoms with Crippen LogP contribution in [0.25, 0.3) is 5.57 Å². The molecule has 0 amide bonds. The van der Waals surface area contributed by atoms with Crippen LogP contribution >= 0.6 is 0 Å². The van der Waals surface area contributed by atoms with Gasteiger partial charge in [0.15, 0.2) is 0 Å². The Morgan fingerprint density at radius 1 is 0.929 bits per heavy atom. The average molecular weight is 379 g/mol. The van der Waals surface area contributed by atoms with Gasteiger partial charge in [-0.05, 0) is 92.2 Å². The lowest BCUT2D eigenvalue weighted by Gasteiger charge is -2.37. The van der Waals surface area contributed by atoms with Gasteiger partial charge in [0.05, 0.1) is 0 Å². The quantitative estimate of drug-likeness (QED) is 0.483. The highest BCUT2D eigenvalue weighted by Crippen LogP contribution is 2.43. The van der Waals surface area contributed by atoms with E-state index in [9.17, 15) is 4.79 Å². The van der Waals surface area contributed by atoms with Gasteiger partial charge in [0, 0.05) is 12.3 Å². The minimum atomic E-state index is 0.396. The van der Waals surface area contributed by atoms with Gasteiger partial charge in [-0.25, -0.2) is 0 Å². The lowest BCUT2D eigenvalue weighted by Crippen LogP contribution is -2.28. The maximum Gasteiger partial charge on any atom is 0.135 e. The molecule has 4 rings (SSSR count). The van der Waals surface area contributed by atoms with Crippen LogP contribution in [0.4, 0.5) is 0 Å². The zero-order chi connectivity index (χ0) is 19.3. The number of rotatable bonds is 7. The molecule has 28 heavy (non-hydrogen) atoms. The van der Waals surface area contributed by atoms with Gasteiger partial charge >= 0.3 is 0 Å². The van der Waals surface area contributed by atoms with E-state index in [1.54, 1.807) is 5.57 Å². The highest BCUT2D eigenvalue weighted by molar-refractivity contribution is 5.80. The van der Waals surface area contributed by atoms with Crippen LogP contribution < -0.4 is 0 Å². The Morgan fingerprint density at radius 3 is 2.32 bits per heavy atom. The summed E-state index contributed by atoms with van der Waals surface area (Å²) in [6, 6.07) is 8.95. The van der Waals surface area contributed by atoms with E-state index >= 15 is 0 Å². The summed E-state index contributed by atoms with van der Waals surface area (Å²) in [6.45, 7) is 2.03. The fourth-order valence-electron chi connectivity index (χ4n) is 6.32. The molecule has 1 aromatic carbocycles. The summed E-state index contributed by atoms with van der Waals surface area (Å²) in [5, 5.41) is 0. The van der Waals surface area contributed by atoms with Crippen molar-refractivity contribution in [3.63, 3.8) is 0 Å². The van der Waals surface area contributed by atoms with Crippen LogP contribution in [0.2, 0.25) is 0 Å². The molecule has 152 valence electrons. The van der Waals surface area contributed by atoms with Crippen LogP contribution in [0.15, 0.2) is 30.3 Å². The predicted octanol–water partition coefficient (Wildman–Crippen LogP) is 7.39. The maximum atomic E-state index is 12.0. The zero-order valence-corrected chi connectivity index (χ0v) is 17.8. The number of fused-ring (bicyclic) bond motifs is 1. The molecular weight excluding hydrogens is 340 g/mol. The first-order chi connectivity index (χ1) is 13.7. The third-order valence-electron chi connectivity index (χ3n) is 8.12. The number of hydrogen-bond acceptors (Lipinski definition) is 1. The molecule has 0 aliphatic heterocycles. The number of allylic oxidation sites excluding steroid dienone is 2. The standard InChI is InChI=1S/C27H38O/c1-2-27(28)25-18-14-22(15-19-25)21-12-10-20(11-13-21)6-5-8-24-17-16-23-7-3-4-9-26(23)24/h3-4,7,9,17,20-22,25H,2,5-6,8,10-16,18-19H2,1H3. The van der Waals surface area contributed by atoms with Crippen molar-refractivity contribution >= 4 is 11.4 Å². The van der Waals surface area contributed by atoms with Gasteiger partial charge < -0.3 is 0 Å². The Hall–Kier alpha value is -1.37. The minimum Gasteiger partial charge on any atom is -0.299 e. The molecular formula is C27H38O. The Kier molecular flexibility index (Phi) is 6.70. The monoisotopic (exact) mass is 378 g/mol. The molecule has 0 aromatic heterocycles. The molecule has 1 aromatic rings. The molecule has 0 unspecified atom stereocenters. The number of benzene rings is 1. The second-order valence-corrected chi connectivity index (χ2v) is 9.70. The Morgan fingerprint density at radius 2 is 1.61 bits per heavy atom. The fraction of sp³-hybridized carbons (Fsp3) is 0.667. The number of carbonyl (C=O) groups excluding carboxylic acids is 1. The SMILES string of the molecule is CCC(=O)C1CCC(C2CCC(CCCC3=CCc4ccccc43)CC2)CC1. The van der Waals surface area contributed by atoms with Gasteiger partial charge in [0.1, 0.15) is 5.78 Å². The van der Waals surface area contributed by atoms with Crippen LogP contribution in [0.3, 0.4) is 0 Å². The first-order valence-corrected chi connectivity index (χ1v) is 12.0. The van der Waals surface area contributed by atoms with Crippen LogP contribution in [0, 0.1) is 23.7 Å². The molecule has 2 fully saturated rings.